The van der Waals surface area contributed by atoms with E-state index < -0.39 is 0 Å². The number of carbonyl (C=O) groups is 1. The molecule has 1 aliphatic rings. The molecule has 0 spiro atoms. The highest BCUT2D eigenvalue weighted by atomic mass is 16.3. The van der Waals surface area contributed by atoms with Crippen molar-refractivity contribution in [3.8, 4) is 0 Å². The summed E-state index contributed by atoms with van der Waals surface area (Å²) in [7, 11) is 1.98. The predicted octanol–water partition coefficient (Wildman–Crippen LogP) is 2.81. The Balaban J connectivity index is 1.91. The Hall–Kier alpha value is -1.29. The van der Waals surface area contributed by atoms with Crippen LogP contribution in [0.2, 0.25) is 0 Å². The van der Waals surface area contributed by atoms with E-state index in [1.807, 2.05) is 37.9 Å². The maximum atomic E-state index is 12.5. The van der Waals surface area contributed by atoms with Gasteiger partial charge in [0.2, 0.25) is 5.91 Å². The third-order valence-corrected chi connectivity index (χ3v) is 4.14. The van der Waals surface area contributed by atoms with Gasteiger partial charge in [-0.3, -0.25) is 9.69 Å². The minimum Gasteiger partial charge on any atom is -0.465 e. The third kappa shape index (κ3) is 3.85. The molecule has 0 aliphatic carbocycles. The quantitative estimate of drug-likeness (QED) is 0.850. The standard InChI is InChI=1S/C16H26N2O2/c1-13-8-9-15(20-13)12-17(3)14(2)16(19)18-10-6-4-5-7-11-18/h8-9,14H,4-7,10-12H2,1-3H3. The Morgan fingerprint density at radius 3 is 2.50 bits per heavy atom. The van der Waals surface area contributed by atoms with Crippen molar-refractivity contribution in [1.82, 2.24) is 9.80 Å². The van der Waals surface area contributed by atoms with Crippen LogP contribution < -0.4 is 0 Å². The van der Waals surface area contributed by atoms with Gasteiger partial charge < -0.3 is 9.32 Å². The molecule has 0 N–H and O–H groups in total. The molecule has 2 rings (SSSR count). The highest BCUT2D eigenvalue weighted by molar-refractivity contribution is 5.81. The van der Waals surface area contributed by atoms with E-state index in [0.29, 0.717) is 6.54 Å². The summed E-state index contributed by atoms with van der Waals surface area (Å²) in [5.74, 6) is 2.08. The Labute approximate surface area is 121 Å². The number of furan rings is 1. The maximum absolute atomic E-state index is 12.5. The number of nitrogens with zero attached hydrogens (tertiary/aromatic N) is 2. The molecule has 0 aromatic carbocycles. The molecular formula is C16H26N2O2. The summed E-state index contributed by atoms with van der Waals surface area (Å²) >= 11 is 0. The average Bonchev–Trinajstić information content (AvgIpc) is 2.69. The Morgan fingerprint density at radius 1 is 1.30 bits per heavy atom. The van der Waals surface area contributed by atoms with Gasteiger partial charge in [-0.15, -0.1) is 0 Å². The molecule has 2 heterocycles. The predicted molar refractivity (Wildman–Crippen MR) is 79.4 cm³/mol. The summed E-state index contributed by atoms with van der Waals surface area (Å²) in [5.41, 5.74) is 0. The molecule has 0 bridgehead atoms. The van der Waals surface area contributed by atoms with Crippen LogP contribution in [-0.2, 0) is 11.3 Å². The first-order chi connectivity index (χ1) is 9.58. The number of aryl methyl sites for hydroxylation is 1. The minimum absolute atomic E-state index is 0.0986. The number of amides is 1. The topological polar surface area (TPSA) is 36.7 Å². The fraction of sp³-hybridized carbons (Fsp3) is 0.688. The van der Waals surface area contributed by atoms with E-state index in [1.165, 1.54) is 12.8 Å². The van der Waals surface area contributed by atoms with Crippen molar-refractivity contribution < 1.29 is 9.21 Å². The molecule has 1 aromatic rings. The number of rotatable bonds is 4. The molecule has 4 heteroatoms. The summed E-state index contributed by atoms with van der Waals surface area (Å²) in [5, 5.41) is 0. The zero-order valence-electron chi connectivity index (χ0n) is 12.9. The number of likely N-dealkylation sites (N-methyl/N-ethyl adjacent to an activating group) is 1. The first-order valence-corrected chi connectivity index (χ1v) is 7.62. The highest BCUT2D eigenvalue weighted by Gasteiger charge is 2.24. The zero-order chi connectivity index (χ0) is 14.5. The van der Waals surface area contributed by atoms with Crippen LogP contribution in [0.15, 0.2) is 16.5 Å². The van der Waals surface area contributed by atoms with Crippen LogP contribution in [0.1, 0.15) is 44.1 Å². The van der Waals surface area contributed by atoms with Gasteiger partial charge in [0.15, 0.2) is 0 Å². The molecule has 4 nitrogen and oxygen atoms in total. The van der Waals surface area contributed by atoms with Gasteiger partial charge in [0.25, 0.3) is 0 Å². The van der Waals surface area contributed by atoms with Crippen LogP contribution in [0.5, 0.6) is 0 Å². The van der Waals surface area contributed by atoms with E-state index >= 15 is 0 Å². The lowest BCUT2D eigenvalue weighted by molar-refractivity contribution is -0.136. The summed E-state index contributed by atoms with van der Waals surface area (Å²) in [6.07, 6.45) is 4.78. The van der Waals surface area contributed by atoms with Gasteiger partial charge in [0.05, 0.1) is 12.6 Å². The van der Waals surface area contributed by atoms with Gasteiger partial charge in [-0.2, -0.15) is 0 Å². The Kier molecular flexibility index (Phi) is 5.24. The van der Waals surface area contributed by atoms with Gasteiger partial charge in [0, 0.05) is 13.1 Å². The van der Waals surface area contributed by atoms with Gasteiger partial charge in [0.1, 0.15) is 11.5 Å². The second kappa shape index (κ2) is 6.93. The van der Waals surface area contributed by atoms with Crippen LogP contribution >= 0.6 is 0 Å². The van der Waals surface area contributed by atoms with Crippen molar-refractivity contribution in [2.45, 2.75) is 52.1 Å². The summed E-state index contributed by atoms with van der Waals surface area (Å²) < 4.78 is 5.58. The van der Waals surface area contributed by atoms with Gasteiger partial charge in [-0.1, -0.05) is 12.8 Å². The first kappa shape index (κ1) is 15.1. The van der Waals surface area contributed by atoms with Crippen molar-refractivity contribution in [3.05, 3.63) is 23.7 Å². The lowest BCUT2D eigenvalue weighted by Gasteiger charge is -2.29. The van der Waals surface area contributed by atoms with Crippen LogP contribution in [-0.4, -0.2) is 41.9 Å². The number of hydrogen-bond acceptors (Lipinski definition) is 3. The third-order valence-electron chi connectivity index (χ3n) is 4.14. The maximum Gasteiger partial charge on any atom is 0.239 e. The molecule has 0 radical (unpaired) electrons. The van der Waals surface area contributed by atoms with Gasteiger partial charge in [-0.05, 0) is 45.9 Å². The van der Waals surface area contributed by atoms with Gasteiger partial charge in [-0.25, -0.2) is 0 Å². The van der Waals surface area contributed by atoms with Gasteiger partial charge >= 0.3 is 0 Å². The second-order valence-electron chi connectivity index (χ2n) is 5.84. The number of carbonyl (C=O) groups excluding carboxylic acids is 1. The zero-order valence-corrected chi connectivity index (χ0v) is 12.9. The molecule has 1 aliphatic heterocycles. The summed E-state index contributed by atoms with van der Waals surface area (Å²) in [6, 6.07) is 3.85. The van der Waals surface area contributed by atoms with E-state index in [2.05, 4.69) is 4.90 Å². The number of hydrogen-bond donors (Lipinski definition) is 0. The fourth-order valence-corrected chi connectivity index (χ4v) is 2.70. The highest BCUT2D eigenvalue weighted by Crippen LogP contribution is 2.14. The van der Waals surface area contributed by atoms with Crippen LogP contribution in [0.3, 0.4) is 0 Å². The van der Waals surface area contributed by atoms with E-state index in [4.69, 9.17) is 4.42 Å². The fourth-order valence-electron chi connectivity index (χ4n) is 2.70. The van der Waals surface area contributed by atoms with Crippen LogP contribution in [0.4, 0.5) is 0 Å². The normalized spacial score (nSPS) is 18.1. The lowest BCUT2D eigenvalue weighted by Crippen LogP contribution is -2.45. The molecule has 112 valence electrons. The largest absolute Gasteiger partial charge is 0.465 e. The smallest absolute Gasteiger partial charge is 0.239 e. The van der Waals surface area contributed by atoms with E-state index in [-0.39, 0.29) is 11.9 Å². The Morgan fingerprint density at radius 2 is 1.95 bits per heavy atom. The van der Waals surface area contributed by atoms with Crippen molar-refractivity contribution in [3.63, 3.8) is 0 Å². The first-order valence-electron chi connectivity index (χ1n) is 7.62. The molecule has 1 fully saturated rings. The van der Waals surface area contributed by atoms with E-state index in [0.717, 1.165) is 37.5 Å². The van der Waals surface area contributed by atoms with Crippen molar-refractivity contribution >= 4 is 5.91 Å². The van der Waals surface area contributed by atoms with Crippen LogP contribution in [0, 0.1) is 6.92 Å². The average molecular weight is 278 g/mol. The van der Waals surface area contributed by atoms with E-state index in [1.54, 1.807) is 0 Å². The minimum atomic E-state index is -0.0986. The number of likely N-dealkylation sites (tertiary alicyclic amines) is 1. The molecular weight excluding hydrogens is 252 g/mol. The molecule has 0 saturated carbocycles. The molecule has 1 aromatic heterocycles. The van der Waals surface area contributed by atoms with E-state index in [9.17, 15) is 4.79 Å². The second-order valence-corrected chi connectivity index (χ2v) is 5.84. The van der Waals surface area contributed by atoms with Crippen LogP contribution in [0.25, 0.3) is 0 Å². The SMILES string of the molecule is Cc1ccc(CN(C)C(C)C(=O)N2CCCCCC2)o1. The van der Waals surface area contributed by atoms with Crippen molar-refractivity contribution in [2.24, 2.45) is 0 Å². The van der Waals surface area contributed by atoms with Crippen molar-refractivity contribution in [1.29, 1.82) is 0 Å². The summed E-state index contributed by atoms with van der Waals surface area (Å²) in [6.45, 7) is 6.43. The molecule has 1 amide bonds. The molecule has 1 saturated heterocycles. The Bertz CT molecular complexity index is 433. The molecule has 1 atom stereocenters. The molecule has 20 heavy (non-hydrogen) atoms. The monoisotopic (exact) mass is 278 g/mol. The lowest BCUT2D eigenvalue weighted by atomic mass is 10.2. The van der Waals surface area contributed by atoms with Crippen molar-refractivity contribution in [2.75, 3.05) is 20.1 Å². The summed E-state index contributed by atoms with van der Waals surface area (Å²) in [4.78, 5) is 16.6. The molecule has 1 unspecified atom stereocenters.